The van der Waals surface area contributed by atoms with Crippen LogP contribution < -0.4 is 10.1 Å². The molecule has 0 bridgehead atoms. The van der Waals surface area contributed by atoms with Crippen LogP contribution >= 0.6 is 0 Å². The highest BCUT2D eigenvalue weighted by Gasteiger charge is 2.04. The normalized spacial score (nSPS) is 10.5. The second-order valence-electron chi connectivity index (χ2n) is 4.25. The van der Waals surface area contributed by atoms with Crippen LogP contribution in [0.4, 0.5) is 5.69 Å². The van der Waals surface area contributed by atoms with Crippen molar-refractivity contribution in [1.29, 1.82) is 0 Å². The Kier molecular flexibility index (Phi) is 4.41. The third kappa shape index (κ3) is 3.72. The summed E-state index contributed by atoms with van der Waals surface area (Å²) in [5.41, 5.74) is 2.05. The van der Waals surface area contributed by atoms with Crippen molar-refractivity contribution in [3.63, 3.8) is 0 Å². The Balaban J connectivity index is 1.91. The number of ether oxygens (including phenoxy) is 1. The highest BCUT2D eigenvalue weighted by molar-refractivity contribution is 5.43. The second kappa shape index (κ2) is 6.24. The van der Waals surface area contributed by atoms with Gasteiger partial charge in [0.15, 0.2) is 0 Å². The minimum absolute atomic E-state index is 0.0131. The number of nitrogens with zero attached hydrogens (tertiary/aromatic N) is 1. The molecule has 0 amide bonds. The van der Waals surface area contributed by atoms with Crippen molar-refractivity contribution in [2.24, 2.45) is 0 Å². The van der Waals surface area contributed by atoms with E-state index in [1.807, 2.05) is 26.0 Å². The predicted octanol–water partition coefficient (Wildman–Crippen LogP) is 2.27. The minimum Gasteiger partial charge on any atom is -0.475 e. The summed E-state index contributed by atoms with van der Waals surface area (Å²) in [4.78, 5) is 4.14. The maximum absolute atomic E-state index is 8.65. The summed E-state index contributed by atoms with van der Waals surface area (Å²) in [5.74, 6) is 2.36. The topological polar surface area (TPSA) is 67.5 Å². The monoisotopic (exact) mass is 262 g/mol. The van der Waals surface area contributed by atoms with Gasteiger partial charge in [-0.25, -0.2) is 4.98 Å². The lowest BCUT2D eigenvalue weighted by Gasteiger charge is -2.07. The Morgan fingerprint density at radius 2 is 2.21 bits per heavy atom. The zero-order chi connectivity index (χ0) is 13.7. The van der Waals surface area contributed by atoms with Crippen LogP contribution in [0.1, 0.15) is 17.1 Å². The lowest BCUT2D eigenvalue weighted by molar-refractivity contribution is 0.196. The van der Waals surface area contributed by atoms with E-state index in [1.165, 1.54) is 0 Å². The molecule has 0 fully saturated rings. The van der Waals surface area contributed by atoms with E-state index in [4.69, 9.17) is 14.3 Å². The molecule has 102 valence electrons. The van der Waals surface area contributed by atoms with Crippen LogP contribution in [0.15, 0.2) is 28.8 Å². The molecule has 5 heteroatoms. The number of nitrogens with one attached hydrogen (secondary N) is 1. The Hall–Kier alpha value is -2.01. The summed E-state index contributed by atoms with van der Waals surface area (Å²) in [7, 11) is 0. The molecule has 0 saturated carbocycles. The predicted molar refractivity (Wildman–Crippen MR) is 72.3 cm³/mol. The lowest BCUT2D eigenvalue weighted by Crippen LogP contribution is -2.04. The molecule has 19 heavy (non-hydrogen) atoms. The zero-order valence-electron chi connectivity index (χ0n) is 11.1. The molecular formula is C14H18N2O3. The van der Waals surface area contributed by atoms with E-state index >= 15 is 0 Å². The van der Waals surface area contributed by atoms with Gasteiger partial charge in [0.2, 0.25) is 5.88 Å². The molecule has 0 atom stereocenters. The fourth-order valence-electron chi connectivity index (χ4n) is 1.78. The van der Waals surface area contributed by atoms with Crippen molar-refractivity contribution in [2.45, 2.75) is 20.4 Å². The first-order valence-corrected chi connectivity index (χ1v) is 6.18. The third-order valence-electron chi connectivity index (χ3n) is 2.70. The smallest absolute Gasteiger partial charge is 0.213 e. The summed E-state index contributed by atoms with van der Waals surface area (Å²) < 4.78 is 10.7. The van der Waals surface area contributed by atoms with Crippen molar-refractivity contribution in [3.8, 4) is 5.88 Å². The first-order valence-electron chi connectivity index (χ1n) is 6.18. The van der Waals surface area contributed by atoms with Gasteiger partial charge in [0.1, 0.15) is 18.1 Å². The third-order valence-corrected chi connectivity index (χ3v) is 2.70. The molecule has 2 aromatic rings. The average Bonchev–Trinajstić information content (AvgIpc) is 2.73. The highest BCUT2D eigenvalue weighted by Crippen LogP contribution is 2.17. The van der Waals surface area contributed by atoms with Gasteiger partial charge in [-0.05, 0) is 26.0 Å². The maximum Gasteiger partial charge on any atom is 0.213 e. The Morgan fingerprint density at radius 1 is 1.37 bits per heavy atom. The summed E-state index contributed by atoms with van der Waals surface area (Å²) in [6.07, 6.45) is 1.70. The van der Waals surface area contributed by atoms with Crippen LogP contribution in [0.5, 0.6) is 5.88 Å². The molecule has 2 aromatic heterocycles. The summed E-state index contributed by atoms with van der Waals surface area (Å²) in [6, 6.07) is 5.68. The van der Waals surface area contributed by atoms with Crippen LogP contribution in [0, 0.1) is 13.8 Å². The van der Waals surface area contributed by atoms with Crippen LogP contribution in [-0.4, -0.2) is 23.3 Å². The van der Waals surface area contributed by atoms with Gasteiger partial charge >= 0.3 is 0 Å². The number of rotatable bonds is 6. The van der Waals surface area contributed by atoms with E-state index < -0.39 is 0 Å². The molecule has 0 unspecified atom stereocenters. The fraction of sp³-hybridized carbons (Fsp3) is 0.357. The van der Waals surface area contributed by atoms with Crippen LogP contribution in [0.25, 0.3) is 0 Å². The summed E-state index contributed by atoms with van der Waals surface area (Å²) in [5, 5.41) is 11.9. The number of furan rings is 1. The zero-order valence-corrected chi connectivity index (χ0v) is 11.1. The average molecular weight is 262 g/mol. The van der Waals surface area contributed by atoms with Crippen LogP contribution in [0.2, 0.25) is 0 Å². The largest absolute Gasteiger partial charge is 0.475 e. The van der Waals surface area contributed by atoms with Gasteiger partial charge in [0, 0.05) is 18.2 Å². The van der Waals surface area contributed by atoms with E-state index in [9.17, 15) is 0 Å². The molecule has 0 spiro atoms. The molecule has 0 saturated heterocycles. The van der Waals surface area contributed by atoms with E-state index in [2.05, 4.69) is 10.3 Å². The number of hydrogen-bond donors (Lipinski definition) is 2. The van der Waals surface area contributed by atoms with E-state index in [0.29, 0.717) is 12.4 Å². The Morgan fingerprint density at radius 3 is 2.79 bits per heavy atom. The standard InChI is InChI=1S/C14H18N2O3/c1-10-7-12(11(2)19-10)8-15-13-3-4-14(16-9-13)18-6-5-17/h3-4,7,9,15,17H,5-6,8H2,1-2H3. The molecule has 2 N–H and O–H groups in total. The van der Waals surface area contributed by atoms with Gasteiger partial charge in [-0.3, -0.25) is 0 Å². The van der Waals surface area contributed by atoms with Gasteiger partial charge in [-0.1, -0.05) is 0 Å². The van der Waals surface area contributed by atoms with Gasteiger partial charge in [-0.2, -0.15) is 0 Å². The van der Waals surface area contributed by atoms with Gasteiger partial charge in [0.05, 0.1) is 18.5 Å². The lowest BCUT2D eigenvalue weighted by atomic mass is 10.2. The second-order valence-corrected chi connectivity index (χ2v) is 4.25. The minimum atomic E-state index is -0.0131. The van der Waals surface area contributed by atoms with E-state index in [-0.39, 0.29) is 13.2 Å². The van der Waals surface area contributed by atoms with Gasteiger partial charge in [-0.15, -0.1) is 0 Å². The maximum atomic E-state index is 8.65. The first kappa shape index (κ1) is 13.4. The first-order chi connectivity index (χ1) is 9.19. The SMILES string of the molecule is Cc1cc(CNc2ccc(OCCO)nc2)c(C)o1. The number of aliphatic hydroxyl groups is 1. The fourth-order valence-corrected chi connectivity index (χ4v) is 1.78. The number of anilines is 1. The molecule has 0 radical (unpaired) electrons. The van der Waals surface area contributed by atoms with Crippen molar-refractivity contribution in [3.05, 3.63) is 41.5 Å². The molecule has 2 heterocycles. The molecule has 0 aliphatic rings. The molecule has 5 nitrogen and oxygen atoms in total. The summed E-state index contributed by atoms with van der Waals surface area (Å²) >= 11 is 0. The van der Waals surface area contributed by atoms with Gasteiger partial charge in [0.25, 0.3) is 0 Å². The van der Waals surface area contributed by atoms with Crippen molar-refractivity contribution in [2.75, 3.05) is 18.5 Å². The van der Waals surface area contributed by atoms with Crippen molar-refractivity contribution in [1.82, 2.24) is 4.98 Å². The molecule has 0 aliphatic carbocycles. The number of aliphatic hydroxyl groups excluding tert-OH is 1. The van der Waals surface area contributed by atoms with E-state index in [1.54, 1.807) is 12.3 Å². The van der Waals surface area contributed by atoms with E-state index in [0.717, 1.165) is 22.8 Å². The number of aryl methyl sites for hydroxylation is 2. The van der Waals surface area contributed by atoms with Gasteiger partial charge < -0.3 is 19.6 Å². The molecule has 0 aliphatic heterocycles. The molecule has 2 rings (SSSR count). The number of hydrogen-bond acceptors (Lipinski definition) is 5. The van der Waals surface area contributed by atoms with Crippen molar-refractivity contribution < 1.29 is 14.3 Å². The molecular weight excluding hydrogens is 244 g/mol. The quantitative estimate of drug-likeness (QED) is 0.836. The molecule has 0 aromatic carbocycles. The van der Waals surface area contributed by atoms with Crippen LogP contribution in [0.3, 0.4) is 0 Å². The number of aromatic nitrogens is 1. The van der Waals surface area contributed by atoms with Crippen molar-refractivity contribution >= 4 is 5.69 Å². The highest BCUT2D eigenvalue weighted by atomic mass is 16.5. The Labute approximate surface area is 112 Å². The summed E-state index contributed by atoms with van der Waals surface area (Å²) in [6.45, 7) is 4.83. The number of pyridine rings is 1. The Bertz CT molecular complexity index is 520. The van der Waals surface area contributed by atoms with Crippen LogP contribution in [-0.2, 0) is 6.54 Å².